The van der Waals surface area contributed by atoms with Crippen LogP contribution in [0.4, 0.5) is 11.5 Å². The summed E-state index contributed by atoms with van der Waals surface area (Å²) in [4.78, 5) is 31.7. The zero-order valence-corrected chi connectivity index (χ0v) is 16.9. The lowest BCUT2D eigenvalue weighted by molar-refractivity contribution is -0.117. The average Bonchev–Trinajstić information content (AvgIpc) is 3.06. The summed E-state index contributed by atoms with van der Waals surface area (Å²) in [5.41, 5.74) is 0.735. The molecule has 3 heterocycles. The van der Waals surface area contributed by atoms with Gasteiger partial charge in [-0.15, -0.1) is 5.10 Å². The first kappa shape index (κ1) is 19.3. The number of carbonyl (C=O) groups excluding carboxylic acids is 1. The molecule has 10 heteroatoms. The summed E-state index contributed by atoms with van der Waals surface area (Å²) < 4.78 is 8.00. The van der Waals surface area contributed by atoms with Gasteiger partial charge in [0.05, 0.1) is 6.61 Å². The van der Waals surface area contributed by atoms with Gasteiger partial charge >= 0.3 is 5.69 Å². The van der Waals surface area contributed by atoms with Gasteiger partial charge in [0, 0.05) is 42.7 Å². The van der Waals surface area contributed by atoms with Crippen LogP contribution < -0.4 is 20.6 Å². The average molecular weight is 414 g/mol. The van der Waals surface area contributed by atoms with E-state index in [4.69, 9.17) is 4.74 Å². The largest absolute Gasteiger partial charge is 0.494 e. The molecule has 1 aromatic carbocycles. The minimum Gasteiger partial charge on any atom is -0.494 e. The van der Waals surface area contributed by atoms with Crippen molar-refractivity contribution in [1.82, 2.24) is 19.2 Å². The summed E-state index contributed by atoms with van der Waals surface area (Å²) in [5, 5.41) is 7.16. The Hall–Kier alpha value is -3.01. The number of aromatic nitrogens is 4. The molecule has 4 rings (SSSR count). The molecule has 0 saturated carbocycles. The summed E-state index contributed by atoms with van der Waals surface area (Å²) in [6.07, 6.45) is 3.17. The van der Waals surface area contributed by atoms with Gasteiger partial charge in [-0.2, -0.15) is 11.8 Å². The SMILES string of the molecule is CCOc1ccc(NC(=O)Cn2nc3c(N4CCSCC4)nccn3c2=O)cc1. The molecule has 0 aliphatic carbocycles. The van der Waals surface area contributed by atoms with Crippen molar-refractivity contribution in [3.05, 3.63) is 47.1 Å². The predicted octanol–water partition coefficient (Wildman–Crippen LogP) is 1.48. The van der Waals surface area contributed by atoms with Crippen LogP contribution in [0.3, 0.4) is 0 Å². The zero-order chi connectivity index (χ0) is 20.2. The molecule has 1 N–H and O–H groups in total. The highest BCUT2D eigenvalue weighted by Crippen LogP contribution is 2.20. The molecule has 1 aliphatic rings. The van der Waals surface area contributed by atoms with Crippen LogP contribution in [0.2, 0.25) is 0 Å². The number of anilines is 2. The number of amides is 1. The summed E-state index contributed by atoms with van der Waals surface area (Å²) in [6, 6.07) is 7.08. The van der Waals surface area contributed by atoms with E-state index in [-0.39, 0.29) is 18.1 Å². The van der Waals surface area contributed by atoms with Crippen molar-refractivity contribution >= 4 is 34.8 Å². The number of carbonyl (C=O) groups is 1. The summed E-state index contributed by atoms with van der Waals surface area (Å²) in [5.74, 6) is 3.11. The maximum absolute atomic E-state index is 12.7. The lowest BCUT2D eigenvalue weighted by Crippen LogP contribution is -2.33. The molecule has 0 atom stereocenters. The van der Waals surface area contributed by atoms with Gasteiger partial charge in [-0.25, -0.2) is 18.9 Å². The van der Waals surface area contributed by atoms with Crippen molar-refractivity contribution in [2.75, 3.05) is 41.4 Å². The molecule has 1 amide bonds. The number of rotatable bonds is 6. The van der Waals surface area contributed by atoms with Gasteiger partial charge in [0.25, 0.3) is 0 Å². The van der Waals surface area contributed by atoms with Gasteiger partial charge in [-0.1, -0.05) is 0 Å². The number of nitrogens with zero attached hydrogens (tertiary/aromatic N) is 5. The van der Waals surface area contributed by atoms with Crippen LogP contribution in [-0.2, 0) is 11.3 Å². The second-order valence-electron chi connectivity index (χ2n) is 6.49. The van der Waals surface area contributed by atoms with Crippen LogP contribution in [-0.4, -0.2) is 56.3 Å². The first-order valence-corrected chi connectivity index (χ1v) is 10.6. The highest BCUT2D eigenvalue weighted by atomic mass is 32.2. The van der Waals surface area contributed by atoms with E-state index in [1.54, 1.807) is 36.7 Å². The molecule has 9 nitrogen and oxygen atoms in total. The summed E-state index contributed by atoms with van der Waals surface area (Å²) in [7, 11) is 0. The van der Waals surface area contributed by atoms with Crippen LogP contribution in [0, 0.1) is 0 Å². The van der Waals surface area contributed by atoms with Gasteiger partial charge in [0.1, 0.15) is 12.3 Å². The van der Waals surface area contributed by atoms with Crippen molar-refractivity contribution in [2.24, 2.45) is 0 Å². The molecule has 1 fully saturated rings. The monoisotopic (exact) mass is 414 g/mol. The third kappa shape index (κ3) is 4.21. The van der Waals surface area contributed by atoms with Gasteiger partial charge in [-0.3, -0.25) is 4.79 Å². The number of ether oxygens (including phenoxy) is 1. The topological polar surface area (TPSA) is 93.8 Å². The molecule has 2 aromatic heterocycles. The lowest BCUT2D eigenvalue weighted by atomic mass is 10.3. The Morgan fingerprint density at radius 2 is 2.00 bits per heavy atom. The molecule has 0 bridgehead atoms. The Kier molecular flexibility index (Phi) is 5.70. The standard InChI is InChI=1S/C19H22N6O3S/c1-2-28-15-5-3-14(4-6-15)21-16(26)13-25-19(27)24-8-7-20-17(18(24)22-25)23-9-11-29-12-10-23/h3-8H,2,9-13H2,1H3,(H,21,26). The molecule has 0 unspecified atom stereocenters. The van der Waals surface area contributed by atoms with Crippen molar-refractivity contribution in [1.29, 1.82) is 0 Å². The highest BCUT2D eigenvalue weighted by Gasteiger charge is 2.19. The minimum absolute atomic E-state index is 0.178. The maximum Gasteiger partial charge on any atom is 0.350 e. The van der Waals surface area contributed by atoms with E-state index >= 15 is 0 Å². The second kappa shape index (κ2) is 8.56. The summed E-state index contributed by atoms with van der Waals surface area (Å²) >= 11 is 1.90. The van der Waals surface area contributed by atoms with E-state index in [1.807, 2.05) is 18.7 Å². The third-order valence-corrected chi connectivity index (χ3v) is 5.48. The van der Waals surface area contributed by atoms with E-state index in [1.165, 1.54) is 9.08 Å². The van der Waals surface area contributed by atoms with Crippen LogP contribution in [0.5, 0.6) is 5.75 Å². The highest BCUT2D eigenvalue weighted by molar-refractivity contribution is 7.99. The first-order valence-electron chi connectivity index (χ1n) is 9.45. The lowest BCUT2D eigenvalue weighted by Gasteiger charge is -2.27. The Morgan fingerprint density at radius 1 is 1.24 bits per heavy atom. The number of hydrogen-bond acceptors (Lipinski definition) is 7. The van der Waals surface area contributed by atoms with E-state index in [9.17, 15) is 9.59 Å². The molecule has 1 saturated heterocycles. The molecule has 0 spiro atoms. The fourth-order valence-corrected chi connectivity index (χ4v) is 4.08. The van der Waals surface area contributed by atoms with E-state index < -0.39 is 0 Å². The van der Waals surface area contributed by atoms with Crippen LogP contribution in [0.15, 0.2) is 41.5 Å². The van der Waals surface area contributed by atoms with Crippen LogP contribution in [0.25, 0.3) is 5.65 Å². The van der Waals surface area contributed by atoms with E-state index in [0.717, 1.165) is 30.3 Å². The molecular formula is C19H22N6O3S. The Morgan fingerprint density at radius 3 is 2.72 bits per heavy atom. The molecular weight excluding hydrogens is 392 g/mol. The minimum atomic E-state index is -0.364. The zero-order valence-electron chi connectivity index (χ0n) is 16.1. The van der Waals surface area contributed by atoms with Crippen LogP contribution >= 0.6 is 11.8 Å². The smallest absolute Gasteiger partial charge is 0.350 e. The fraction of sp³-hybridized carbons (Fsp3) is 0.368. The quantitative estimate of drug-likeness (QED) is 0.653. The Labute approximate surface area is 171 Å². The Bertz CT molecular complexity index is 1060. The first-order chi connectivity index (χ1) is 14.2. The van der Waals surface area contributed by atoms with Gasteiger partial charge < -0.3 is 15.0 Å². The predicted molar refractivity (Wildman–Crippen MR) is 113 cm³/mol. The number of nitrogens with one attached hydrogen (secondary N) is 1. The molecule has 29 heavy (non-hydrogen) atoms. The summed E-state index contributed by atoms with van der Waals surface area (Å²) in [6.45, 7) is 4.03. The number of fused-ring (bicyclic) bond motifs is 1. The van der Waals surface area contributed by atoms with Crippen molar-refractivity contribution < 1.29 is 9.53 Å². The van der Waals surface area contributed by atoms with Crippen LogP contribution in [0.1, 0.15) is 6.92 Å². The molecule has 3 aromatic rings. The van der Waals surface area contributed by atoms with Gasteiger partial charge in [0.15, 0.2) is 5.82 Å². The molecule has 0 radical (unpaired) electrons. The molecule has 1 aliphatic heterocycles. The normalized spacial score (nSPS) is 14.2. The Balaban J connectivity index is 1.52. The van der Waals surface area contributed by atoms with E-state index in [2.05, 4.69) is 20.3 Å². The number of benzene rings is 1. The third-order valence-electron chi connectivity index (χ3n) is 4.54. The number of hydrogen-bond donors (Lipinski definition) is 1. The fourth-order valence-electron chi connectivity index (χ4n) is 3.17. The number of thioether (sulfide) groups is 1. The van der Waals surface area contributed by atoms with Crippen molar-refractivity contribution in [2.45, 2.75) is 13.5 Å². The second-order valence-corrected chi connectivity index (χ2v) is 7.71. The molecule has 152 valence electrons. The van der Waals surface area contributed by atoms with E-state index in [0.29, 0.717) is 23.8 Å². The maximum atomic E-state index is 12.7. The van der Waals surface area contributed by atoms with Crippen molar-refractivity contribution in [3.8, 4) is 5.75 Å². The van der Waals surface area contributed by atoms with Gasteiger partial charge in [-0.05, 0) is 31.2 Å². The van der Waals surface area contributed by atoms with Crippen molar-refractivity contribution in [3.63, 3.8) is 0 Å². The van der Waals surface area contributed by atoms with Gasteiger partial charge in [0.2, 0.25) is 11.6 Å².